The van der Waals surface area contributed by atoms with Gasteiger partial charge in [0.05, 0.1) is 12.6 Å². The normalized spacial score (nSPS) is 15.8. The van der Waals surface area contributed by atoms with Crippen molar-refractivity contribution in [1.82, 2.24) is 5.32 Å². The maximum Gasteiger partial charge on any atom is 0.237 e. The Morgan fingerprint density at radius 1 is 1.50 bits per heavy atom. The van der Waals surface area contributed by atoms with Crippen molar-refractivity contribution < 1.29 is 9.90 Å². The summed E-state index contributed by atoms with van der Waals surface area (Å²) in [6.45, 7) is 5.43. The number of nitrogens with one attached hydrogen (secondary N) is 1. The molecule has 0 aliphatic carbocycles. The molecule has 0 aromatic carbocycles. The predicted molar refractivity (Wildman–Crippen MR) is 47.5 cm³/mol. The maximum absolute atomic E-state index is 11.2. The van der Waals surface area contributed by atoms with Gasteiger partial charge in [-0.1, -0.05) is 13.8 Å². The van der Waals surface area contributed by atoms with Gasteiger partial charge in [0, 0.05) is 6.04 Å². The molecule has 0 rings (SSSR count). The number of amides is 1. The molecule has 0 spiro atoms. The number of hydrogen-bond acceptors (Lipinski definition) is 3. The van der Waals surface area contributed by atoms with Gasteiger partial charge in [-0.3, -0.25) is 4.79 Å². The van der Waals surface area contributed by atoms with Crippen LogP contribution in [0, 0.1) is 5.92 Å². The number of carbonyl (C=O) groups excluding carboxylic acids is 1. The van der Waals surface area contributed by atoms with E-state index in [4.69, 9.17) is 10.8 Å². The number of rotatable bonds is 4. The van der Waals surface area contributed by atoms with Crippen LogP contribution in [-0.4, -0.2) is 29.7 Å². The second-order valence-electron chi connectivity index (χ2n) is 3.36. The summed E-state index contributed by atoms with van der Waals surface area (Å²) in [5.74, 6) is -0.0811. The van der Waals surface area contributed by atoms with Crippen LogP contribution in [0.5, 0.6) is 0 Å². The Labute approximate surface area is 73.1 Å². The molecule has 4 heteroatoms. The summed E-state index contributed by atoms with van der Waals surface area (Å²) >= 11 is 0. The molecule has 0 radical (unpaired) electrons. The summed E-state index contributed by atoms with van der Waals surface area (Å²) < 4.78 is 0. The SMILES string of the molecule is CC(CO)NC(=O)[C@@H](N)C(C)C. The van der Waals surface area contributed by atoms with E-state index in [2.05, 4.69) is 5.32 Å². The van der Waals surface area contributed by atoms with Crippen LogP contribution in [0.25, 0.3) is 0 Å². The zero-order valence-electron chi connectivity index (χ0n) is 7.87. The molecule has 4 N–H and O–H groups in total. The third-order valence-electron chi connectivity index (χ3n) is 1.68. The quantitative estimate of drug-likeness (QED) is 0.536. The second kappa shape index (κ2) is 5.11. The van der Waals surface area contributed by atoms with Crippen molar-refractivity contribution in [3.8, 4) is 0 Å². The zero-order valence-corrected chi connectivity index (χ0v) is 7.87. The minimum Gasteiger partial charge on any atom is -0.394 e. The van der Waals surface area contributed by atoms with Crippen LogP contribution >= 0.6 is 0 Å². The minimum absolute atomic E-state index is 0.0590. The highest BCUT2D eigenvalue weighted by atomic mass is 16.3. The largest absolute Gasteiger partial charge is 0.394 e. The Kier molecular flexibility index (Phi) is 4.85. The smallest absolute Gasteiger partial charge is 0.237 e. The summed E-state index contributed by atoms with van der Waals surface area (Å²) in [6, 6.07) is -0.707. The molecule has 0 aromatic rings. The summed E-state index contributed by atoms with van der Waals surface area (Å²) in [5.41, 5.74) is 5.57. The average molecular weight is 174 g/mol. The highest BCUT2D eigenvalue weighted by Gasteiger charge is 2.17. The molecule has 0 bridgehead atoms. The third-order valence-corrected chi connectivity index (χ3v) is 1.68. The molecular weight excluding hydrogens is 156 g/mol. The van der Waals surface area contributed by atoms with Crippen molar-refractivity contribution >= 4 is 5.91 Å². The number of hydrogen-bond donors (Lipinski definition) is 3. The Bertz CT molecular complexity index is 148. The number of aliphatic hydroxyl groups excluding tert-OH is 1. The van der Waals surface area contributed by atoms with E-state index in [0.717, 1.165) is 0 Å². The van der Waals surface area contributed by atoms with Crippen molar-refractivity contribution in [3.05, 3.63) is 0 Å². The standard InChI is InChI=1S/C8H18N2O2/c1-5(2)7(9)8(12)10-6(3)4-11/h5-7,11H,4,9H2,1-3H3,(H,10,12)/t6?,7-/m0/s1. The molecule has 12 heavy (non-hydrogen) atoms. The molecule has 0 heterocycles. The average Bonchev–Trinajstić information content (AvgIpc) is 2.02. The molecule has 4 nitrogen and oxygen atoms in total. The van der Waals surface area contributed by atoms with E-state index >= 15 is 0 Å². The molecule has 2 atom stereocenters. The first-order valence-electron chi connectivity index (χ1n) is 4.15. The lowest BCUT2D eigenvalue weighted by Crippen LogP contribution is -2.47. The van der Waals surface area contributed by atoms with E-state index in [9.17, 15) is 4.79 Å². The number of nitrogens with two attached hydrogens (primary N) is 1. The third kappa shape index (κ3) is 3.69. The van der Waals surface area contributed by atoms with Crippen molar-refractivity contribution in [1.29, 1.82) is 0 Å². The molecule has 0 aromatic heterocycles. The van der Waals surface area contributed by atoms with Gasteiger partial charge >= 0.3 is 0 Å². The first-order valence-corrected chi connectivity index (χ1v) is 4.15. The van der Waals surface area contributed by atoms with Gasteiger partial charge in [-0.15, -0.1) is 0 Å². The van der Waals surface area contributed by atoms with Crippen LogP contribution in [-0.2, 0) is 4.79 Å². The minimum atomic E-state index is -0.487. The van der Waals surface area contributed by atoms with Crippen LogP contribution in [0.4, 0.5) is 0 Å². The van der Waals surface area contributed by atoms with Crippen LogP contribution in [0.15, 0.2) is 0 Å². The Morgan fingerprint density at radius 2 is 2.00 bits per heavy atom. The first-order chi connectivity index (χ1) is 5.49. The van der Waals surface area contributed by atoms with Gasteiger partial charge in [0.25, 0.3) is 0 Å². The highest BCUT2D eigenvalue weighted by molar-refractivity contribution is 5.81. The number of carbonyl (C=O) groups is 1. The molecule has 0 saturated carbocycles. The Balaban J connectivity index is 3.87. The van der Waals surface area contributed by atoms with Crippen molar-refractivity contribution in [3.63, 3.8) is 0 Å². The van der Waals surface area contributed by atoms with Crippen LogP contribution in [0.3, 0.4) is 0 Å². The summed E-state index contributed by atoms with van der Waals surface area (Å²) in [4.78, 5) is 11.2. The molecular formula is C8H18N2O2. The Hall–Kier alpha value is -0.610. The Morgan fingerprint density at radius 3 is 2.33 bits per heavy atom. The summed E-state index contributed by atoms with van der Waals surface area (Å²) in [7, 11) is 0. The van der Waals surface area contributed by atoms with Crippen molar-refractivity contribution in [2.75, 3.05) is 6.61 Å². The van der Waals surface area contributed by atoms with E-state index in [-0.39, 0.29) is 24.5 Å². The molecule has 0 aliphatic rings. The van der Waals surface area contributed by atoms with E-state index in [1.165, 1.54) is 0 Å². The predicted octanol–water partition coefficient (Wildman–Crippen LogP) is -0.533. The topological polar surface area (TPSA) is 75.3 Å². The second-order valence-corrected chi connectivity index (χ2v) is 3.36. The lowest BCUT2D eigenvalue weighted by Gasteiger charge is -2.18. The van der Waals surface area contributed by atoms with E-state index in [1.54, 1.807) is 6.92 Å². The van der Waals surface area contributed by atoms with Crippen LogP contribution in [0.1, 0.15) is 20.8 Å². The van der Waals surface area contributed by atoms with Gasteiger partial charge < -0.3 is 16.2 Å². The van der Waals surface area contributed by atoms with Crippen LogP contribution in [0.2, 0.25) is 0 Å². The molecule has 1 amide bonds. The monoisotopic (exact) mass is 174 g/mol. The lowest BCUT2D eigenvalue weighted by molar-refractivity contribution is -0.124. The van der Waals surface area contributed by atoms with Gasteiger partial charge in [0.15, 0.2) is 0 Å². The molecule has 1 unspecified atom stereocenters. The van der Waals surface area contributed by atoms with E-state index in [1.807, 2.05) is 13.8 Å². The van der Waals surface area contributed by atoms with Gasteiger partial charge in [0.2, 0.25) is 5.91 Å². The fraction of sp³-hybridized carbons (Fsp3) is 0.875. The summed E-state index contributed by atoms with van der Waals surface area (Å²) in [5, 5.41) is 11.2. The van der Waals surface area contributed by atoms with E-state index in [0.29, 0.717) is 0 Å². The summed E-state index contributed by atoms with van der Waals surface area (Å²) in [6.07, 6.45) is 0. The lowest BCUT2D eigenvalue weighted by atomic mass is 10.0. The zero-order chi connectivity index (χ0) is 9.72. The fourth-order valence-electron chi connectivity index (χ4n) is 0.687. The molecule has 0 saturated heterocycles. The van der Waals surface area contributed by atoms with Gasteiger partial charge in [-0.25, -0.2) is 0 Å². The molecule has 0 aliphatic heterocycles. The van der Waals surface area contributed by atoms with Gasteiger partial charge in [0.1, 0.15) is 0 Å². The first kappa shape index (κ1) is 11.4. The van der Waals surface area contributed by atoms with E-state index < -0.39 is 6.04 Å². The van der Waals surface area contributed by atoms with Crippen LogP contribution < -0.4 is 11.1 Å². The molecule has 0 fully saturated rings. The highest BCUT2D eigenvalue weighted by Crippen LogP contribution is 1.98. The van der Waals surface area contributed by atoms with Crippen molar-refractivity contribution in [2.24, 2.45) is 11.7 Å². The maximum atomic E-state index is 11.2. The van der Waals surface area contributed by atoms with Crippen molar-refractivity contribution in [2.45, 2.75) is 32.9 Å². The van der Waals surface area contributed by atoms with Gasteiger partial charge in [-0.05, 0) is 12.8 Å². The molecule has 72 valence electrons. The fourth-order valence-corrected chi connectivity index (χ4v) is 0.687. The number of aliphatic hydroxyl groups is 1. The van der Waals surface area contributed by atoms with Gasteiger partial charge in [-0.2, -0.15) is 0 Å².